The van der Waals surface area contributed by atoms with Crippen molar-refractivity contribution < 1.29 is 29.3 Å². The lowest BCUT2D eigenvalue weighted by Crippen LogP contribution is -2.40. The van der Waals surface area contributed by atoms with Crippen molar-refractivity contribution in [1.29, 1.82) is 0 Å². The van der Waals surface area contributed by atoms with E-state index in [0.29, 0.717) is 55.4 Å². The summed E-state index contributed by atoms with van der Waals surface area (Å²) in [7, 11) is 1.77. The van der Waals surface area contributed by atoms with Crippen molar-refractivity contribution in [3.8, 4) is 16.9 Å². The first-order valence-corrected chi connectivity index (χ1v) is 22.3. The number of benzene rings is 5. The largest absolute Gasteiger partial charge is 0.506 e. The number of amides is 3. The first-order chi connectivity index (χ1) is 31.5. The van der Waals surface area contributed by atoms with Crippen LogP contribution < -0.4 is 26.4 Å². The van der Waals surface area contributed by atoms with E-state index in [-0.39, 0.29) is 48.2 Å². The molecule has 2 atom stereocenters. The number of rotatable bonds is 18. The number of pyridine rings is 1. The summed E-state index contributed by atoms with van der Waals surface area (Å²) >= 11 is 0. The van der Waals surface area contributed by atoms with Crippen molar-refractivity contribution in [3.05, 3.63) is 160 Å². The van der Waals surface area contributed by atoms with Crippen LogP contribution >= 0.6 is 0 Å². The van der Waals surface area contributed by atoms with E-state index in [4.69, 9.17) is 4.74 Å². The van der Waals surface area contributed by atoms with Gasteiger partial charge in [-0.25, -0.2) is 4.79 Å². The van der Waals surface area contributed by atoms with Gasteiger partial charge in [0.15, 0.2) is 0 Å². The summed E-state index contributed by atoms with van der Waals surface area (Å²) in [6.45, 7) is 4.81. The minimum absolute atomic E-state index is 0.000284. The number of nitrogens with zero attached hydrogens (tertiary/aromatic N) is 2. The predicted molar refractivity (Wildman–Crippen MR) is 255 cm³/mol. The third-order valence-corrected chi connectivity index (χ3v) is 12.0. The number of hydrogen-bond donors (Lipinski definition) is 6. The van der Waals surface area contributed by atoms with Crippen LogP contribution in [0.15, 0.2) is 132 Å². The Bertz CT molecular complexity index is 2590. The van der Waals surface area contributed by atoms with Crippen molar-refractivity contribution in [1.82, 2.24) is 20.5 Å². The molecule has 5 aromatic carbocycles. The van der Waals surface area contributed by atoms with E-state index in [1.807, 2.05) is 85.8 Å². The van der Waals surface area contributed by atoms with Gasteiger partial charge in [0.05, 0.1) is 23.7 Å². The number of aliphatic hydroxyl groups is 1. The number of nitrogens with one attached hydrogen (secondary N) is 4. The van der Waals surface area contributed by atoms with Gasteiger partial charge in [-0.15, -0.1) is 0 Å². The molecule has 0 bridgehead atoms. The lowest BCUT2D eigenvalue weighted by atomic mass is 10.0. The molecule has 7 rings (SSSR count). The molecule has 0 spiro atoms. The summed E-state index contributed by atoms with van der Waals surface area (Å²) in [4.78, 5) is 57.8. The van der Waals surface area contributed by atoms with Crippen LogP contribution in [0, 0.1) is 0 Å². The first-order valence-electron chi connectivity index (χ1n) is 22.3. The Labute approximate surface area is 379 Å². The summed E-state index contributed by atoms with van der Waals surface area (Å²) in [5.74, 6) is -0.0916. The summed E-state index contributed by atoms with van der Waals surface area (Å²) in [6.07, 6.45) is 1.72. The number of carbonyl (C=O) groups is 3. The quantitative estimate of drug-likeness (QED) is 0.0525. The fourth-order valence-corrected chi connectivity index (χ4v) is 8.17. The molecule has 2 heterocycles. The van der Waals surface area contributed by atoms with E-state index in [2.05, 4.69) is 50.1 Å². The van der Waals surface area contributed by atoms with Gasteiger partial charge in [-0.2, -0.15) is 0 Å². The standard InChI is InChI=1S/C52H58N6O7/c1-35(54-34-47(60)44-33-40-11-8-14-46(59)50(40)56-51(44)63)31-37-17-15-36(16-18-37)23-27-53-48(61)32-38-19-21-41(22-20-38)57(2)49(62)26-30-58-28-24-42(25-29-58)65-52(64)55-45-13-7-6-12-43(45)39-9-4-3-5-10-39/h3-22,33,35,42,47,54,59-60H,23-32,34H2,1-2H3,(H,53,61)(H,55,64)(H,56,63)/t35-,47+/m1/s1. The summed E-state index contributed by atoms with van der Waals surface area (Å²) < 4.78 is 5.78. The molecule has 6 aromatic rings. The molecular weight excluding hydrogens is 821 g/mol. The monoisotopic (exact) mass is 878 g/mol. The maximum Gasteiger partial charge on any atom is 0.411 e. The topological polar surface area (TPSA) is 176 Å². The van der Waals surface area contributed by atoms with E-state index in [0.717, 1.165) is 53.0 Å². The van der Waals surface area contributed by atoms with Crippen LogP contribution in [0.4, 0.5) is 16.2 Å². The molecule has 65 heavy (non-hydrogen) atoms. The first kappa shape index (κ1) is 46.2. The molecule has 1 saturated heterocycles. The van der Waals surface area contributed by atoms with E-state index in [1.54, 1.807) is 30.1 Å². The Hall–Kier alpha value is -6.80. The number of aromatic nitrogens is 1. The summed E-state index contributed by atoms with van der Waals surface area (Å²) in [5, 5.41) is 30.6. The highest BCUT2D eigenvalue weighted by atomic mass is 16.6. The Morgan fingerprint density at radius 1 is 0.862 bits per heavy atom. The van der Waals surface area contributed by atoms with E-state index in [9.17, 15) is 29.4 Å². The molecule has 0 radical (unpaired) electrons. The minimum Gasteiger partial charge on any atom is -0.506 e. The molecule has 13 nitrogen and oxygen atoms in total. The number of aromatic amines is 1. The second kappa shape index (κ2) is 22.2. The fraction of sp³-hybridized carbons (Fsp3) is 0.308. The average Bonchev–Trinajstić information content (AvgIpc) is 3.31. The van der Waals surface area contributed by atoms with Crippen LogP contribution in [0.1, 0.15) is 54.5 Å². The van der Waals surface area contributed by atoms with Gasteiger partial charge in [0.1, 0.15) is 11.9 Å². The van der Waals surface area contributed by atoms with E-state index in [1.165, 1.54) is 6.07 Å². The maximum atomic E-state index is 13.1. The molecule has 13 heteroatoms. The zero-order valence-electron chi connectivity index (χ0n) is 37.0. The number of hydrogen-bond acceptors (Lipinski definition) is 9. The van der Waals surface area contributed by atoms with Crippen LogP contribution in [-0.2, 0) is 33.6 Å². The van der Waals surface area contributed by atoms with Gasteiger partial charge < -0.3 is 40.4 Å². The number of carbonyl (C=O) groups excluding carboxylic acids is 3. The molecular formula is C52H58N6O7. The number of fused-ring (bicyclic) bond motifs is 1. The van der Waals surface area contributed by atoms with Crippen LogP contribution in [0.2, 0.25) is 0 Å². The van der Waals surface area contributed by atoms with Crippen LogP contribution in [0.5, 0.6) is 5.75 Å². The fourth-order valence-electron chi connectivity index (χ4n) is 8.17. The number of aliphatic hydroxyl groups excluding tert-OH is 1. The van der Waals surface area contributed by atoms with E-state index < -0.39 is 17.8 Å². The van der Waals surface area contributed by atoms with Crippen LogP contribution in [0.25, 0.3) is 22.0 Å². The Kier molecular flexibility index (Phi) is 15.8. The highest BCUT2D eigenvalue weighted by Gasteiger charge is 2.24. The summed E-state index contributed by atoms with van der Waals surface area (Å²) in [5.41, 5.74) is 6.64. The zero-order valence-corrected chi connectivity index (χ0v) is 37.0. The van der Waals surface area contributed by atoms with Crippen molar-refractivity contribution in [3.63, 3.8) is 0 Å². The lowest BCUT2D eigenvalue weighted by Gasteiger charge is -2.31. The SMILES string of the molecule is C[C@H](Cc1ccc(CCNC(=O)Cc2ccc(N(C)C(=O)CCN3CCC(OC(=O)Nc4ccccc4-c4ccccc4)CC3)cc2)cc1)NC[C@H](O)c1cc2cccc(O)c2[nH]c1=O. The molecule has 1 fully saturated rings. The van der Waals surface area contributed by atoms with Gasteiger partial charge in [0.2, 0.25) is 11.8 Å². The molecule has 338 valence electrons. The number of phenolic OH excluding ortho intramolecular Hbond substituents is 1. The molecule has 1 aromatic heterocycles. The number of aromatic hydroxyl groups is 1. The molecule has 6 N–H and O–H groups in total. The number of ether oxygens (including phenoxy) is 1. The highest BCUT2D eigenvalue weighted by molar-refractivity contribution is 5.93. The van der Waals surface area contributed by atoms with Crippen LogP contribution in [0.3, 0.4) is 0 Å². The number of para-hydroxylation sites is 2. The van der Waals surface area contributed by atoms with Crippen molar-refractivity contribution in [2.24, 2.45) is 0 Å². The third-order valence-electron chi connectivity index (χ3n) is 12.0. The zero-order chi connectivity index (χ0) is 45.7. The highest BCUT2D eigenvalue weighted by Crippen LogP contribution is 2.28. The molecule has 1 aliphatic heterocycles. The number of likely N-dealkylation sites (tertiary alicyclic amines) is 1. The van der Waals surface area contributed by atoms with Gasteiger partial charge in [0.25, 0.3) is 5.56 Å². The predicted octanol–water partition coefficient (Wildman–Crippen LogP) is 7.12. The lowest BCUT2D eigenvalue weighted by molar-refractivity contribution is -0.120. The summed E-state index contributed by atoms with van der Waals surface area (Å²) in [6, 6.07) is 39.9. The number of phenols is 1. The normalized spacial score (nSPS) is 14.1. The maximum absolute atomic E-state index is 13.1. The second-order valence-electron chi connectivity index (χ2n) is 16.8. The smallest absolute Gasteiger partial charge is 0.411 e. The third kappa shape index (κ3) is 12.9. The molecule has 0 aliphatic carbocycles. The Balaban J connectivity index is 0.759. The molecule has 1 aliphatic rings. The van der Waals surface area contributed by atoms with Crippen molar-refractivity contribution in [2.45, 2.75) is 63.7 Å². The van der Waals surface area contributed by atoms with Gasteiger partial charge in [-0.3, -0.25) is 19.7 Å². The number of H-pyrrole nitrogens is 1. The second-order valence-corrected chi connectivity index (χ2v) is 16.8. The molecule has 0 unspecified atom stereocenters. The van der Waals surface area contributed by atoms with E-state index >= 15 is 0 Å². The van der Waals surface area contributed by atoms with Gasteiger partial charge in [-0.1, -0.05) is 97.1 Å². The molecule has 3 amide bonds. The van der Waals surface area contributed by atoms with Crippen LogP contribution in [-0.4, -0.2) is 89.9 Å². The van der Waals surface area contributed by atoms with Gasteiger partial charge >= 0.3 is 6.09 Å². The van der Waals surface area contributed by atoms with Gasteiger partial charge in [-0.05, 0) is 85.2 Å². The minimum atomic E-state index is -1.01. The van der Waals surface area contributed by atoms with Crippen molar-refractivity contribution >= 4 is 40.2 Å². The Morgan fingerprint density at radius 3 is 2.31 bits per heavy atom. The average molecular weight is 879 g/mol. The number of anilines is 2. The Morgan fingerprint density at radius 2 is 1.55 bits per heavy atom. The van der Waals surface area contributed by atoms with Crippen molar-refractivity contribution in [2.75, 3.05) is 50.0 Å². The van der Waals surface area contributed by atoms with Gasteiger partial charge in [0, 0.05) is 74.4 Å². The molecule has 0 saturated carbocycles. The number of piperidine rings is 1.